The van der Waals surface area contributed by atoms with Gasteiger partial charge in [0.2, 0.25) is 10.0 Å². The van der Waals surface area contributed by atoms with Crippen LogP contribution in [-0.4, -0.2) is 83.6 Å². The van der Waals surface area contributed by atoms with Crippen molar-refractivity contribution < 1.29 is 13.2 Å². The minimum atomic E-state index is -3.49. The lowest BCUT2D eigenvalue weighted by Crippen LogP contribution is -2.44. The lowest BCUT2D eigenvalue weighted by Gasteiger charge is -2.26. The fourth-order valence-corrected chi connectivity index (χ4v) is 3.85. The van der Waals surface area contributed by atoms with Crippen molar-refractivity contribution >= 4 is 16.0 Å². The highest BCUT2D eigenvalue weighted by atomic mass is 32.2. The summed E-state index contributed by atoms with van der Waals surface area (Å²) < 4.78 is 31.6. The van der Waals surface area contributed by atoms with Crippen LogP contribution >= 0.6 is 0 Å². The van der Waals surface area contributed by atoms with Crippen molar-refractivity contribution in [1.29, 1.82) is 0 Å². The molecule has 0 bridgehead atoms. The molecule has 1 aromatic carbocycles. The van der Waals surface area contributed by atoms with Crippen LogP contribution in [0.15, 0.2) is 34.2 Å². The SMILES string of the molecule is CCNC(=NCc1ccccc1S(=O)(=O)N(C)C)NCCN1CCOCC1. The van der Waals surface area contributed by atoms with Crippen LogP contribution in [0, 0.1) is 0 Å². The molecule has 0 atom stereocenters. The minimum absolute atomic E-state index is 0.288. The van der Waals surface area contributed by atoms with Gasteiger partial charge in [0.05, 0.1) is 24.7 Å². The quantitative estimate of drug-likeness (QED) is 0.486. The molecule has 8 nitrogen and oxygen atoms in total. The van der Waals surface area contributed by atoms with E-state index in [2.05, 4.69) is 20.5 Å². The molecule has 1 fully saturated rings. The molecule has 27 heavy (non-hydrogen) atoms. The zero-order chi connectivity index (χ0) is 19.7. The van der Waals surface area contributed by atoms with E-state index < -0.39 is 10.0 Å². The third kappa shape index (κ3) is 6.46. The van der Waals surface area contributed by atoms with Crippen LogP contribution in [0.1, 0.15) is 12.5 Å². The predicted molar refractivity (Wildman–Crippen MR) is 107 cm³/mol. The molecule has 152 valence electrons. The van der Waals surface area contributed by atoms with Crippen molar-refractivity contribution in [2.75, 3.05) is 60.0 Å². The number of nitrogens with zero attached hydrogens (tertiary/aromatic N) is 3. The zero-order valence-corrected chi connectivity index (χ0v) is 17.3. The molecule has 0 saturated carbocycles. The van der Waals surface area contributed by atoms with E-state index in [-0.39, 0.29) is 6.54 Å². The molecule has 1 saturated heterocycles. The Hall–Kier alpha value is -1.68. The smallest absolute Gasteiger partial charge is 0.242 e. The maximum atomic E-state index is 12.5. The first-order valence-electron chi connectivity index (χ1n) is 9.28. The van der Waals surface area contributed by atoms with E-state index in [0.29, 0.717) is 16.4 Å². The van der Waals surface area contributed by atoms with Crippen molar-refractivity contribution in [3.8, 4) is 0 Å². The number of sulfonamides is 1. The van der Waals surface area contributed by atoms with Crippen LogP contribution in [0.3, 0.4) is 0 Å². The molecule has 0 amide bonds. The summed E-state index contributed by atoms with van der Waals surface area (Å²) in [6, 6.07) is 6.99. The molecule has 1 aliphatic rings. The third-order valence-corrected chi connectivity index (χ3v) is 6.22. The average Bonchev–Trinajstić information content (AvgIpc) is 2.67. The summed E-state index contributed by atoms with van der Waals surface area (Å²) in [4.78, 5) is 7.21. The van der Waals surface area contributed by atoms with Crippen molar-refractivity contribution in [1.82, 2.24) is 19.8 Å². The number of rotatable bonds is 8. The normalized spacial score (nSPS) is 16.5. The predicted octanol–water partition coefficient (Wildman–Crippen LogP) is 0.324. The van der Waals surface area contributed by atoms with Crippen molar-refractivity contribution in [2.24, 2.45) is 4.99 Å². The largest absolute Gasteiger partial charge is 0.379 e. The second kappa shape index (κ2) is 10.6. The summed E-state index contributed by atoms with van der Waals surface area (Å²) >= 11 is 0. The van der Waals surface area contributed by atoms with E-state index >= 15 is 0 Å². The van der Waals surface area contributed by atoms with Crippen molar-refractivity contribution in [3.63, 3.8) is 0 Å². The number of hydrogen-bond acceptors (Lipinski definition) is 5. The second-order valence-electron chi connectivity index (χ2n) is 6.47. The molecular weight excluding hydrogens is 366 g/mol. The lowest BCUT2D eigenvalue weighted by atomic mass is 10.2. The number of hydrogen-bond donors (Lipinski definition) is 2. The van der Waals surface area contributed by atoms with E-state index in [9.17, 15) is 8.42 Å². The highest BCUT2D eigenvalue weighted by molar-refractivity contribution is 7.89. The number of guanidine groups is 1. The highest BCUT2D eigenvalue weighted by Crippen LogP contribution is 2.19. The minimum Gasteiger partial charge on any atom is -0.379 e. The van der Waals surface area contributed by atoms with Gasteiger partial charge < -0.3 is 15.4 Å². The van der Waals surface area contributed by atoms with Gasteiger partial charge in [-0.3, -0.25) is 4.90 Å². The van der Waals surface area contributed by atoms with E-state index in [0.717, 1.165) is 45.9 Å². The van der Waals surface area contributed by atoms with Crippen LogP contribution in [0.5, 0.6) is 0 Å². The fourth-order valence-electron chi connectivity index (χ4n) is 2.75. The molecule has 2 rings (SSSR count). The summed E-state index contributed by atoms with van der Waals surface area (Å²) in [6.07, 6.45) is 0. The lowest BCUT2D eigenvalue weighted by molar-refractivity contribution is 0.0389. The Kier molecular flexibility index (Phi) is 8.49. The number of ether oxygens (including phenoxy) is 1. The molecule has 0 aliphatic carbocycles. The average molecular weight is 398 g/mol. The molecule has 1 heterocycles. The summed E-state index contributed by atoms with van der Waals surface area (Å²) in [7, 11) is -0.426. The molecule has 0 aromatic heterocycles. The number of aliphatic imine (C=N–C) groups is 1. The van der Waals surface area contributed by atoms with E-state index in [4.69, 9.17) is 4.74 Å². The molecule has 9 heteroatoms. The molecule has 1 aromatic rings. The van der Waals surface area contributed by atoms with Gasteiger partial charge in [0.1, 0.15) is 0 Å². The summed E-state index contributed by atoms with van der Waals surface area (Å²) in [6.45, 7) is 8.18. The number of benzene rings is 1. The van der Waals surface area contributed by atoms with Gasteiger partial charge in [-0.15, -0.1) is 0 Å². The Balaban J connectivity index is 2.02. The first kappa shape index (κ1) is 21.6. The zero-order valence-electron chi connectivity index (χ0n) is 16.4. The molecule has 1 aliphatic heterocycles. The van der Waals surface area contributed by atoms with Gasteiger partial charge in [0, 0.05) is 46.8 Å². The first-order chi connectivity index (χ1) is 12.9. The molecule has 0 unspecified atom stereocenters. The highest BCUT2D eigenvalue weighted by Gasteiger charge is 2.20. The molecular formula is C18H31N5O3S. The fraction of sp³-hybridized carbons (Fsp3) is 0.611. The van der Waals surface area contributed by atoms with Crippen LogP contribution < -0.4 is 10.6 Å². The van der Waals surface area contributed by atoms with Gasteiger partial charge in [-0.2, -0.15) is 0 Å². The van der Waals surface area contributed by atoms with Gasteiger partial charge >= 0.3 is 0 Å². The van der Waals surface area contributed by atoms with Gasteiger partial charge in [-0.25, -0.2) is 17.7 Å². The molecule has 0 radical (unpaired) electrons. The summed E-state index contributed by atoms with van der Waals surface area (Å²) in [5.41, 5.74) is 0.677. The topological polar surface area (TPSA) is 86.3 Å². The first-order valence-corrected chi connectivity index (χ1v) is 10.7. The van der Waals surface area contributed by atoms with E-state index in [1.165, 1.54) is 18.4 Å². The Morgan fingerprint density at radius 1 is 1.22 bits per heavy atom. The van der Waals surface area contributed by atoms with Crippen molar-refractivity contribution in [2.45, 2.75) is 18.4 Å². The van der Waals surface area contributed by atoms with Gasteiger partial charge in [-0.05, 0) is 18.6 Å². The van der Waals surface area contributed by atoms with Crippen LogP contribution in [0.25, 0.3) is 0 Å². The number of morpholine rings is 1. The second-order valence-corrected chi connectivity index (χ2v) is 8.59. The Bertz CT molecular complexity index is 715. The standard InChI is InChI=1S/C18H31N5O3S/c1-4-19-18(20-9-10-23-11-13-26-14-12-23)21-15-16-7-5-6-8-17(16)27(24,25)22(2)3/h5-8H,4,9-15H2,1-3H3,(H2,19,20,21). The van der Waals surface area contributed by atoms with Gasteiger partial charge in [0.25, 0.3) is 0 Å². The van der Waals surface area contributed by atoms with Gasteiger partial charge in [-0.1, -0.05) is 18.2 Å². The molecule has 0 spiro atoms. The number of nitrogens with one attached hydrogen (secondary N) is 2. The third-order valence-electron chi connectivity index (χ3n) is 4.31. The Morgan fingerprint density at radius 3 is 2.59 bits per heavy atom. The van der Waals surface area contributed by atoms with Crippen LogP contribution in [-0.2, 0) is 21.3 Å². The maximum absolute atomic E-state index is 12.5. The van der Waals surface area contributed by atoms with E-state index in [1.807, 2.05) is 13.0 Å². The molecule has 2 N–H and O–H groups in total. The summed E-state index contributed by atoms with van der Waals surface area (Å²) in [5.74, 6) is 0.683. The Labute approximate surface area is 162 Å². The van der Waals surface area contributed by atoms with E-state index in [1.54, 1.807) is 18.2 Å². The van der Waals surface area contributed by atoms with Gasteiger partial charge in [0.15, 0.2) is 5.96 Å². The monoisotopic (exact) mass is 397 g/mol. The Morgan fingerprint density at radius 2 is 1.93 bits per heavy atom. The van der Waals surface area contributed by atoms with Crippen LogP contribution in [0.2, 0.25) is 0 Å². The van der Waals surface area contributed by atoms with Crippen LogP contribution in [0.4, 0.5) is 0 Å². The summed E-state index contributed by atoms with van der Waals surface area (Å²) in [5, 5.41) is 6.52. The van der Waals surface area contributed by atoms with Crippen molar-refractivity contribution in [3.05, 3.63) is 29.8 Å². The maximum Gasteiger partial charge on any atom is 0.242 e.